The lowest BCUT2D eigenvalue weighted by Crippen LogP contribution is -2.50. The van der Waals surface area contributed by atoms with Crippen molar-refractivity contribution in [2.75, 3.05) is 26.2 Å². The summed E-state index contributed by atoms with van der Waals surface area (Å²) in [6.07, 6.45) is 0. The van der Waals surface area contributed by atoms with Gasteiger partial charge < -0.3 is 4.90 Å². The fourth-order valence-electron chi connectivity index (χ4n) is 3.30. The van der Waals surface area contributed by atoms with E-state index < -0.39 is 10.0 Å². The van der Waals surface area contributed by atoms with E-state index in [0.717, 1.165) is 10.6 Å². The van der Waals surface area contributed by atoms with Gasteiger partial charge in [0.1, 0.15) is 16.0 Å². The highest BCUT2D eigenvalue weighted by molar-refractivity contribution is 7.89. The third-order valence-electron chi connectivity index (χ3n) is 4.91. The van der Waals surface area contributed by atoms with E-state index in [2.05, 4.69) is 4.98 Å². The average molecular weight is 459 g/mol. The Kier molecular flexibility index (Phi) is 5.71. The molecule has 30 heavy (non-hydrogen) atoms. The molecule has 1 aliphatic heterocycles. The number of thiophene rings is 1. The second-order valence-corrected chi connectivity index (χ2v) is 10.4. The fourth-order valence-corrected chi connectivity index (χ4v) is 6.61. The first kappa shape index (κ1) is 20.7. The number of amides is 1. The standard InChI is InChI=1S/C20H18N4O3S3/c1-14-18(29-19(22-14)16-6-11-28-13-16)20(25)23-7-9-24(10-8-23)30(26,27)17-5-3-2-4-15(17)12-21/h2-6,11,13H,7-10H2,1H3. The molecule has 154 valence electrons. The number of nitrogens with zero attached hydrogens (tertiary/aromatic N) is 4. The highest BCUT2D eigenvalue weighted by Crippen LogP contribution is 2.30. The summed E-state index contributed by atoms with van der Waals surface area (Å²) in [5.74, 6) is -0.124. The van der Waals surface area contributed by atoms with Crippen LogP contribution in [0.5, 0.6) is 0 Å². The van der Waals surface area contributed by atoms with Gasteiger partial charge in [0.2, 0.25) is 10.0 Å². The molecule has 0 saturated carbocycles. The minimum atomic E-state index is -3.79. The molecular weight excluding hydrogens is 440 g/mol. The van der Waals surface area contributed by atoms with E-state index in [9.17, 15) is 18.5 Å². The number of benzene rings is 1. The number of carbonyl (C=O) groups excluding carboxylic acids is 1. The zero-order valence-corrected chi connectivity index (χ0v) is 18.6. The topological polar surface area (TPSA) is 94.4 Å². The van der Waals surface area contributed by atoms with Gasteiger partial charge in [-0.15, -0.1) is 11.3 Å². The Morgan fingerprint density at radius 1 is 1.17 bits per heavy atom. The quantitative estimate of drug-likeness (QED) is 0.598. The number of thiazole rings is 1. The summed E-state index contributed by atoms with van der Waals surface area (Å²) >= 11 is 2.94. The normalized spacial score (nSPS) is 15.1. The number of aryl methyl sites for hydroxylation is 1. The van der Waals surface area contributed by atoms with Crippen molar-refractivity contribution in [2.45, 2.75) is 11.8 Å². The molecule has 0 radical (unpaired) electrons. The van der Waals surface area contributed by atoms with Crippen LogP contribution in [0.3, 0.4) is 0 Å². The minimum absolute atomic E-state index is 0.00554. The van der Waals surface area contributed by atoms with Crippen LogP contribution in [0.2, 0.25) is 0 Å². The van der Waals surface area contributed by atoms with Gasteiger partial charge in [0.05, 0.1) is 16.2 Å². The molecule has 1 saturated heterocycles. The van der Waals surface area contributed by atoms with Crippen LogP contribution in [0.15, 0.2) is 46.0 Å². The fraction of sp³-hybridized carbons (Fsp3) is 0.250. The van der Waals surface area contributed by atoms with Gasteiger partial charge in [-0.05, 0) is 30.5 Å². The maximum Gasteiger partial charge on any atom is 0.265 e. The van der Waals surface area contributed by atoms with Crippen LogP contribution in [0.25, 0.3) is 10.6 Å². The van der Waals surface area contributed by atoms with Gasteiger partial charge >= 0.3 is 0 Å². The number of hydrogen-bond donors (Lipinski definition) is 0. The van der Waals surface area contributed by atoms with Crippen LogP contribution in [-0.2, 0) is 10.0 Å². The van der Waals surface area contributed by atoms with Gasteiger partial charge in [-0.1, -0.05) is 12.1 Å². The van der Waals surface area contributed by atoms with Crippen molar-refractivity contribution >= 4 is 38.6 Å². The van der Waals surface area contributed by atoms with Gasteiger partial charge in [-0.3, -0.25) is 4.79 Å². The number of rotatable bonds is 4. The molecule has 0 unspecified atom stereocenters. The number of aromatic nitrogens is 1. The van der Waals surface area contributed by atoms with Gasteiger partial charge in [-0.25, -0.2) is 13.4 Å². The van der Waals surface area contributed by atoms with Crippen LogP contribution < -0.4 is 0 Å². The Balaban J connectivity index is 1.49. The third-order valence-corrected chi connectivity index (χ3v) is 8.74. The zero-order chi connectivity index (χ0) is 21.3. The Morgan fingerprint density at radius 3 is 2.57 bits per heavy atom. The molecule has 1 aliphatic rings. The molecule has 0 aliphatic carbocycles. The van der Waals surface area contributed by atoms with Gasteiger partial charge in [0, 0.05) is 37.1 Å². The molecule has 1 fully saturated rings. The Hall–Kier alpha value is -2.58. The van der Waals surface area contributed by atoms with E-state index in [-0.39, 0.29) is 42.5 Å². The molecule has 3 aromatic rings. The second-order valence-electron chi connectivity index (χ2n) is 6.75. The van der Waals surface area contributed by atoms with Crippen molar-refractivity contribution < 1.29 is 13.2 Å². The van der Waals surface area contributed by atoms with Crippen molar-refractivity contribution in [3.05, 3.63) is 57.2 Å². The lowest BCUT2D eigenvalue weighted by molar-refractivity contribution is 0.0702. The average Bonchev–Trinajstić information content (AvgIpc) is 3.43. The molecule has 3 heterocycles. The number of piperazine rings is 1. The smallest absolute Gasteiger partial charge is 0.265 e. The largest absolute Gasteiger partial charge is 0.335 e. The van der Waals surface area contributed by atoms with Gasteiger partial charge in [0.25, 0.3) is 5.91 Å². The van der Waals surface area contributed by atoms with E-state index in [1.807, 2.05) is 29.8 Å². The van der Waals surface area contributed by atoms with E-state index >= 15 is 0 Å². The van der Waals surface area contributed by atoms with E-state index in [1.54, 1.807) is 28.4 Å². The summed E-state index contributed by atoms with van der Waals surface area (Å²) in [5.41, 5.74) is 1.81. The van der Waals surface area contributed by atoms with Crippen LogP contribution in [-0.4, -0.2) is 54.7 Å². The Labute approximate surface area is 182 Å². The second kappa shape index (κ2) is 8.28. The first-order chi connectivity index (χ1) is 14.4. The third kappa shape index (κ3) is 3.77. The number of sulfonamides is 1. The summed E-state index contributed by atoms with van der Waals surface area (Å²) in [6, 6.07) is 10.1. The Morgan fingerprint density at radius 2 is 1.90 bits per heavy atom. The van der Waals surface area contributed by atoms with Crippen molar-refractivity contribution in [2.24, 2.45) is 0 Å². The highest BCUT2D eigenvalue weighted by atomic mass is 32.2. The summed E-state index contributed by atoms with van der Waals surface area (Å²) in [6.45, 7) is 2.76. The van der Waals surface area contributed by atoms with Crippen molar-refractivity contribution in [1.82, 2.24) is 14.2 Å². The molecule has 10 heteroatoms. The molecule has 0 bridgehead atoms. The van der Waals surface area contributed by atoms with Gasteiger partial charge in [-0.2, -0.15) is 20.9 Å². The molecule has 4 rings (SSSR count). The molecule has 2 aromatic heterocycles. The highest BCUT2D eigenvalue weighted by Gasteiger charge is 2.32. The van der Waals surface area contributed by atoms with Crippen LogP contribution >= 0.6 is 22.7 Å². The summed E-state index contributed by atoms with van der Waals surface area (Å²) in [4.78, 5) is 19.8. The lowest BCUT2D eigenvalue weighted by atomic mass is 10.2. The Bertz CT molecular complexity index is 1220. The maximum atomic E-state index is 13.0. The van der Waals surface area contributed by atoms with Crippen molar-refractivity contribution in [3.8, 4) is 16.6 Å². The molecule has 1 aromatic carbocycles. The minimum Gasteiger partial charge on any atom is -0.335 e. The molecule has 0 atom stereocenters. The van der Waals surface area contributed by atoms with Crippen molar-refractivity contribution in [3.63, 3.8) is 0 Å². The first-order valence-corrected chi connectivity index (χ1v) is 12.4. The molecule has 0 N–H and O–H groups in total. The van der Waals surface area contributed by atoms with Gasteiger partial charge in [0.15, 0.2) is 0 Å². The first-order valence-electron chi connectivity index (χ1n) is 9.20. The van der Waals surface area contributed by atoms with E-state index in [0.29, 0.717) is 10.6 Å². The predicted molar refractivity (Wildman–Crippen MR) is 116 cm³/mol. The van der Waals surface area contributed by atoms with Crippen LogP contribution in [0.1, 0.15) is 20.9 Å². The number of carbonyl (C=O) groups is 1. The van der Waals surface area contributed by atoms with E-state index in [1.165, 1.54) is 27.8 Å². The van der Waals surface area contributed by atoms with Crippen LogP contribution in [0, 0.1) is 18.3 Å². The molecule has 7 nitrogen and oxygen atoms in total. The van der Waals surface area contributed by atoms with E-state index in [4.69, 9.17) is 0 Å². The molecular formula is C20H18N4O3S3. The summed E-state index contributed by atoms with van der Waals surface area (Å²) < 4.78 is 27.3. The lowest BCUT2D eigenvalue weighted by Gasteiger charge is -2.34. The van der Waals surface area contributed by atoms with Crippen LogP contribution in [0.4, 0.5) is 0 Å². The zero-order valence-electron chi connectivity index (χ0n) is 16.1. The maximum absolute atomic E-state index is 13.0. The van der Waals surface area contributed by atoms with Crippen molar-refractivity contribution in [1.29, 1.82) is 5.26 Å². The summed E-state index contributed by atoms with van der Waals surface area (Å²) in [5, 5.41) is 14.0. The monoisotopic (exact) mass is 458 g/mol. The molecule has 0 spiro atoms. The number of hydrogen-bond acceptors (Lipinski definition) is 7. The number of nitriles is 1. The summed E-state index contributed by atoms with van der Waals surface area (Å²) in [7, 11) is -3.79. The molecule has 1 amide bonds. The SMILES string of the molecule is Cc1nc(-c2ccsc2)sc1C(=O)N1CCN(S(=O)(=O)c2ccccc2C#N)CC1. The predicted octanol–water partition coefficient (Wildman–Crippen LogP) is 3.20.